The van der Waals surface area contributed by atoms with Crippen LogP contribution in [0, 0.1) is 0 Å². The standard InChI is InChI=1S/C8H9N3O2/c1-5(12)11-3-6-2-9-8(13)10-7(6)4-11/h2H,3-4H2,1H3,(H,9,10,13). The molecule has 0 spiro atoms. The van der Waals surface area contributed by atoms with E-state index in [0.29, 0.717) is 13.1 Å². The van der Waals surface area contributed by atoms with Gasteiger partial charge in [-0.2, -0.15) is 0 Å². The Morgan fingerprint density at radius 2 is 2.38 bits per heavy atom. The maximum absolute atomic E-state index is 11.0. The van der Waals surface area contributed by atoms with Crippen molar-refractivity contribution in [2.45, 2.75) is 20.0 Å². The highest BCUT2D eigenvalue weighted by molar-refractivity contribution is 5.73. The maximum atomic E-state index is 11.0. The highest BCUT2D eigenvalue weighted by Crippen LogP contribution is 2.17. The zero-order chi connectivity index (χ0) is 9.42. The average molecular weight is 179 g/mol. The van der Waals surface area contributed by atoms with Gasteiger partial charge in [0.1, 0.15) is 0 Å². The number of carbonyl (C=O) groups is 1. The predicted octanol–water partition coefficient (Wildman–Crippen LogP) is -0.368. The average Bonchev–Trinajstić information content (AvgIpc) is 2.46. The van der Waals surface area contributed by atoms with Crippen molar-refractivity contribution in [1.29, 1.82) is 0 Å². The van der Waals surface area contributed by atoms with Gasteiger partial charge in [-0.25, -0.2) is 9.78 Å². The Morgan fingerprint density at radius 3 is 3.08 bits per heavy atom. The smallest absolute Gasteiger partial charge is 0.333 e. The van der Waals surface area contributed by atoms with Crippen LogP contribution in [0.15, 0.2) is 11.0 Å². The van der Waals surface area contributed by atoms with Crippen LogP contribution in [0.3, 0.4) is 0 Å². The molecule has 1 aromatic heterocycles. The number of fused-ring (bicyclic) bond motifs is 1. The summed E-state index contributed by atoms with van der Waals surface area (Å²) in [5.74, 6) is 0.0112. The van der Waals surface area contributed by atoms with E-state index in [2.05, 4.69) is 9.97 Å². The van der Waals surface area contributed by atoms with Gasteiger partial charge >= 0.3 is 5.69 Å². The topological polar surface area (TPSA) is 66.1 Å². The van der Waals surface area contributed by atoms with Gasteiger partial charge in [-0.3, -0.25) is 4.79 Å². The number of hydrogen-bond acceptors (Lipinski definition) is 3. The maximum Gasteiger partial charge on any atom is 0.345 e. The second-order valence-electron chi connectivity index (χ2n) is 3.07. The molecule has 0 aromatic carbocycles. The molecule has 0 saturated carbocycles. The van der Waals surface area contributed by atoms with Crippen LogP contribution >= 0.6 is 0 Å². The first-order valence-corrected chi connectivity index (χ1v) is 3.99. The SMILES string of the molecule is CC(=O)N1Cc2cnc(=O)[nH]c2C1. The fourth-order valence-electron chi connectivity index (χ4n) is 1.41. The highest BCUT2D eigenvalue weighted by atomic mass is 16.2. The molecule has 1 amide bonds. The van der Waals surface area contributed by atoms with Gasteiger partial charge in [0.05, 0.1) is 6.54 Å². The first-order valence-electron chi connectivity index (χ1n) is 3.99. The van der Waals surface area contributed by atoms with Gasteiger partial charge in [-0.05, 0) is 0 Å². The normalized spacial score (nSPS) is 14.4. The van der Waals surface area contributed by atoms with Crippen LogP contribution < -0.4 is 5.69 Å². The third-order valence-corrected chi connectivity index (χ3v) is 2.14. The van der Waals surface area contributed by atoms with Crippen molar-refractivity contribution >= 4 is 5.91 Å². The lowest BCUT2D eigenvalue weighted by atomic mass is 10.3. The monoisotopic (exact) mass is 179 g/mol. The number of hydrogen-bond donors (Lipinski definition) is 1. The van der Waals surface area contributed by atoms with Crippen LogP contribution in [0.25, 0.3) is 0 Å². The van der Waals surface area contributed by atoms with Crippen LogP contribution in [-0.4, -0.2) is 20.8 Å². The number of aromatic nitrogens is 2. The molecule has 0 aliphatic carbocycles. The Hall–Kier alpha value is -1.65. The molecule has 5 heteroatoms. The molecule has 1 aliphatic rings. The molecule has 13 heavy (non-hydrogen) atoms. The van der Waals surface area contributed by atoms with E-state index in [9.17, 15) is 9.59 Å². The minimum absolute atomic E-state index is 0.0112. The minimum atomic E-state index is -0.357. The van der Waals surface area contributed by atoms with Crippen molar-refractivity contribution in [2.75, 3.05) is 0 Å². The van der Waals surface area contributed by atoms with Gasteiger partial charge in [-0.1, -0.05) is 0 Å². The van der Waals surface area contributed by atoms with E-state index in [-0.39, 0.29) is 11.6 Å². The number of rotatable bonds is 0. The molecule has 2 heterocycles. The lowest BCUT2D eigenvalue weighted by molar-refractivity contribution is -0.129. The van der Waals surface area contributed by atoms with Crippen LogP contribution in [0.2, 0.25) is 0 Å². The van der Waals surface area contributed by atoms with Gasteiger partial charge in [0, 0.05) is 30.9 Å². The van der Waals surface area contributed by atoms with Crippen LogP contribution in [-0.2, 0) is 17.9 Å². The molecule has 2 rings (SSSR count). The summed E-state index contributed by atoms with van der Waals surface area (Å²) in [6.45, 7) is 2.55. The van der Waals surface area contributed by atoms with Crippen molar-refractivity contribution < 1.29 is 4.79 Å². The molecule has 0 fully saturated rings. The number of nitrogens with one attached hydrogen (secondary N) is 1. The summed E-state index contributed by atoms with van der Waals surface area (Å²) in [4.78, 5) is 29.7. The lowest BCUT2D eigenvalue weighted by Gasteiger charge is -2.10. The number of H-pyrrole nitrogens is 1. The Kier molecular flexibility index (Phi) is 1.65. The molecular formula is C8H9N3O2. The van der Waals surface area contributed by atoms with Gasteiger partial charge in [0.2, 0.25) is 5.91 Å². The van der Waals surface area contributed by atoms with Gasteiger partial charge in [0.15, 0.2) is 0 Å². The summed E-state index contributed by atoms with van der Waals surface area (Å²) in [6, 6.07) is 0. The number of nitrogens with zero attached hydrogens (tertiary/aromatic N) is 2. The van der Waals surface area contributed by atoms with E-state index in [1.54, 1.807) is 4.90 Å². The minimum Gasteiger partial charge on any atom is -0.333 e. The number of carbonyl (C=O) groups excluding carboxylic acids is 1. The summed E-state index contributed by atoms with van der Waals surface area (Å²) in [7, 11) is 0. The number of amides is 1. The quantitative estimate of drug-likeness (QED) is 0.591. The van der Waals surface area contributed by atoms with Crippen molar-refractivity contribution in [3.05, 3.63) is 27.9 Å². The Balaban J connectivity index is 2.35. The van der Waals surface area contributed by atoms with E-state index < -0.39 is 0 Å². The molecule has 68 valence electrons. The summed E-state index contributed by atoms with van der Waals surface area (Å²) < 4.78 is 0. The second kappa shape index (κ2) is 2.69. The molecule has 0 radical (unpaired) electrons. The Labute approximate surface area is 74.4 Å². The molecular weight excluding hydrogens is 170 g/mol. The zero-order valence-electron chi connectivity index (χ0n) is 7.20. The predicted molar refractivity (Wildman–Crippen MR) is 44.8 cm³/mol. The van der Waals surface area contributed by atoms with Crippen LogP contribution in [0.4, 0.5) is 0 Å². The van der Waals surface area contributed by atoms with Crippen molar-refractivity contribution in [3.8, 4) is 0 Å². The molecule has 0 saturated heterocycles. The van der Waals surface area contributed by atoms with E-state index in [4.69, 9.17) is 0 Å². The fraction of sp³-hybridized carbons (Fsp3) is 0.375. The molecule has 1 N–H and O–H groups in total. The van der Waals surface area contributed by atoms with Crippen LogP contribution in [0.5, 0.6) is 0 Å². The van der Waals surface area contributed by atoms with Crippen molar-refractivity contribution in [2.24, 2.45) is 0 Å². The first-order chi connectivity index (χ1) is 6.16. The Morgan fingerprint density at radius 1 is 1.62 bits per heavy atom. The third kappa shape index (κ3) is 1.32. The summed E-state index contributed by atoms with van der Waals surface area (Å²) in [5, 5.41) is 0. The largest absolute Gasteiger partial charge is 0.345 e. The second-order valence-corrected chi connectivity index (χ2v) is 3.07. The van der Waals surface area contributed by atoms with Crippen molar-refractivity contribution in [3.63, 3.8) is 0 Å². The Bertz CT molecular complexity index is 410. The molecule has 0 unspecified atom stereocenters. The fourth-order valence-corrected chi connectivity index (χ4v) is 1.41. The number of aromatic amines is 1. The van der Waals surface area contributed by atoms with Gasteiger partial charge in [-0.15, -0.1) is 0 Å². The lowest BCUT2D eigenvalue weighted by Crippen LogP contribution is -2.22. The van der Waals surface area contributed by atoms with E-state index in [0.717, 1.165) is 11.3 Å². The van der Waals surface area contributed by atoms with Gasteiger partial charge < -0.3 is 9.88 Å². The van der Waals surface area contributed by atoms with E-state index in [1.165, 1.54) is 13.1 Å². The molecule has 0 atom stereocenters. The van der Waals surface area contributed by atoms with Gasteiger partial charge in [0.25, 0.3) is 0 Å². The molecule has 1 aromatic rings. The molecule has 0 bridgehead atoms. The summed E-state index contributed by atoms with van der Waals surface area (Å²) >= 11 is 0. The van der Waals surface area contributed by atoms with E-state index >= 15 is 0 Å². The third-order valence-electron chi connectivity index (χ3n) is 2.14. The zero-order valence-corrected chi connectivity index (χ0v) is 7.20. The first kappa shape index (κ1) is 7.97. The van der Waals surface area contributed by atoms with E-state index in [1.807, 2.05) is 0 Å². The highest BCUT2D eigenvalue weighted by Gasteiger charge is 2.21. The molecule has 1 aliphatic heterocycles. The molecule has 5 nitrogen and oxygen atoms in total. The summed E-state index contributed by atoms with van der Waals surface area (Å²) in [6.07, 6.45) is 1.52. The van der Waals surface area contributed by atoms with Crippen LogP contribution in [0.1, 0.15) is 18.2 Å². The van der Waals surface area contributed by atoms with Crippen molar-refractivity contribution in [1.82, 2.24) is 14.9 Å². The summed E-state index contributed by atoms with van der Waals surface area (Å²) in [5.41, 5.74) is 1.37.